The normalized spacial score (nSPS) is 10.8. The summed E-state index contributed by atoms with van der Waals surface area (Å²) in [4.78, 5) is 14.7. The van der Waals surface area contributed by atoms with Crippen LogP contribution in [0.5, 0.6) is 5.88 Å². The number of anilines is 1. The van der Waals surface area contributed by atoms with E-state index in [4.69, 9.17) is 10.5 Å². The molecule has 0 unspecified atom stereocenters. The van der Waals surface area contributed by atoms with Gasteiger partial charge in [-0.05, 0) is 25.1 Å². The van der Waals surface area contributed by atoms with Crippen LogP contribution in [0.25, 0.3) is 10.2 Å². The molecular formula is C14H14N4OS. The third kappa shape index (κ3) is 2.70. The summed E-state index contributed by atoms with van der Waals surface area (Å²) in [6, 6.07) is 7.86. The van der Waals surface area contributed by atoms with Crippen molar-refractivity contribution in [2.45, 2.75) is 13.3 Å². The molecule has 0 aliphatic rings. The quantitative estimate of drug-likeness (QED) is 0.798. The average molecular weight is 286 g/mol. The van der Waals surface area contributed by atoms with Crippen molar-refractivity contribution in [1.82, 2.24) is 15.0 Å². The van der Waals surface area contributed by atoms with Crippen molar-refractivity contribution in [3.8, 4) is 5.88 Å². The lowest BCUT2D eigenvalue weighted by atomic mass is 10.3. The molecule has 0 bridgehead atoms. The lowest BCUT2D eigenvalue weighted by Gasteiger charge is -2.06. The summed E-state index contributed by atoms with van der Waals surface area (Å²) in [6.45, 7) is 2.54. The highest BCUT2D eigenvalue weighted by molar-refractivity contribution is 7.18. The highest BCUT2D eigenvalue weighted by Gasteiger charge is 2.10. The van der Waals surface area contributed by atoms with E-state index in [-0.39, 0.29) is 5.95 Å². The molecule has 0 fully saturated rings. The molecule has 0 saturated heterocycles. The summed E-state index contributed by atoms with van der Waals surface area (Å²) >= 11 is 1.59. The van der Waals surface area contributed by atoms with E-state index in [2.05, 4.69) is 15.0 Å². The Morgan fingerprint density at radius 3 is 3.00 bits per heavy atom. The van der Waals surface area contributed by atoms with Gasteiger partial charge >= 0.3 is 0 Å². The predicted molar refractivity (Wildman–Crippen MR) is 80.0 cm³/mol. The van der Waals surface area contributed by atoms with Crippen LogP contribution in [0, 0.1) is 6.92 Å². The van der Waals surface area contributed by atoms with Crippen LogP contribution in [0.4, 0.5) is 5.95 Å². The van der Waals surface area contributed by atoms with Crippen molar-refractivity contribution in [1.29, 1.82) is 0 Å². The van der Waals surface area contributed by atoms with Crippen LogP contribution in [0.1, 0.15) is 10.6 Å². The monoisotopic (exact) mass is 286 g/mol. The summed E-state index contributed by atoms with van der Waals surface area (Å²) in [6.07, 6.45) is 2.51. The molecule has 3 aromatic rings. The molecule has 2 N–H and O–H groups in total. The summed E-state index contributed by atoms with van der Waals surface area (Å²) < 4.78 is 5.75. The molecule has 0 spiro atoms. The zero-order chi connectivity index (χ0) is 13.9. The Balaban J connectivity index is 1.77. The molecular weight excluding hydrogens is 272 g/mol. The fourth-order valence-electron chi connectivity index (χ4n) is 1.94. The minimum absolute atomic E-state index is 0.243. The van der Waals surface area contributed by atoms with Gasteiger partial charge in [0.1, 0.15) is 4.83 Å². The molecule has 102 valence electrons. The minimum atomic E-state index is 0.243. The molecule has 3 heterocycles. The molecule has 0 radical (unpaired) electrons. The fourth-order valence-corrected chi connectivity index (χ4v) is 2.82. The summed E-state index contributed by atoms with van der Waals surface area (Å²) in [5.41, 5.74) is 6.70. The first-order valence-corrected chi connectivity index (χ1v) is 7.10. The first-order valence-electron chi connectivity index (χ1n) is 6.29. The van der Waals surface area contributed by atoms with Crippen molar-refractivity contribution in [2.24, 2.45) is 0 Å². The number of fused-ring (bicyclic) bond motifs is 1. The highest BCUT2D eigenvalue weighted by Crippen LogP contribution is 2.30. The number of rotatable bonds is 4. The predicted octanol–water partition coefficient (Wildman–Crippen LogP) is 2.60. The van der Waals surface area contributed by atoms with Gasteiger partial charge < -0.3 is 10.5 Å². The molecule has 0 atom stereocenters. The van der Waals surface area contributed by atoms with Gasteiger partial charge in [0.2, 0.25) is 11.8 Å². The lowest BCUT2D eigenvalue weighted by molar-refractivity contribution is 0.312. The molecule has 20 heavy (non-hydrogen) atoms. The third-order valence-electron chi connectivity index (χ3n) is 2.82. The van der Waals surface area contributed by atoms with Crippen molar-refractivity contribution in [2.75, 3.05) is 12.3 Å². The van der Waals surface area contributed by atoms with Crippen molar-refractivity contribution in [3.63, 3.8) is 0 Å². The number of hydrogen-bond acceptors (Lipinski definition) is 6. The Hall–Kier alpha value is -2.21. The van der Waals surface area contributed by atoms with Crippen molar-refractivity contribution in [3.05, 3.63) is 41.0 Å². The number of thiophene rings is 1. The van der Waals surface area contributed by atoms with E-state index >= 15 is 0 Å². The van der Waals surface area contributed by atoms with Crippen molar-refractivity contribution < 1.29 is 4.74 Å². The molecule has 3 aromatic heterocycles. The molecule has 0 aliphatic heterocycles. The van der Waals surface area contributed by atoms with E-state index in [1.54, 1.807) is 17.5 Å². The Labute approximate surface area is 120 Å². The van der Waals surface area contributed by atoms with Gasteiger partial charge in [-0.25, -0.2) is 4.98 Å². The van der Waals surface area contributed by atoms with E-state index in [0.29, 0.717) is 12.5 Å². The maximum atomic E-state index is 5.75. The van der Waals surface area contributed by atoms with Crippen molar-refractivity contribution >= 4 is 27.5 Å². The van der Waals surface area contributed by atoms with E-state index in [1.165, 1.54) is 0 Å². The van der Waals surface area contributed by atoms with Gasteiger partial charge in [0.25, 0.3) is 0 Å². The van der Waals surface area contributed by atoms with Crippen LogP contribution in [0.2, 0.25) is 0 Å². The van der Waals surface area contributed by atoms with Crippen LogP contribution in [0.3, 0.4) is 0 Å². The van der Waals surface area contributed by atoms with E-state index in [9.17, 15) is 0 Å². The molecule has 3 rings (SSSR count). The molecule has 0 aliphatic carbocycles. The fraction of sp³-hybridized carbons (Fsp3) is 0.214. The third-order valence-corrected chi connectivity index (χ3v) is 3.77. The molecule has 5 nitrogen and oxygen atoms in total. The van der Waals surface area contributed by atoms with Gasteiger partial charge in [0.05, 0.1) is 12.0 Å². The van der Waals surface area contributed by atoms with E-state index in [1.807, 2.05) is 31.2 Å². The second-order valence-corrected chi connectivity index (χ2v) is 5.62. The molecule has 0 aromatic carbocycles. The number of nitrogen functional groups attached to an aromatic ring is 1. The first kappa shape index (κ1) is 12.8. The Morgan fingerprint density at radius 1 is 1.30 bits per heavy atom. The SMILES string of the molecule is Cc1cc2c(OCCc3ccccn3)nc(N)nc2s1. The maximum Gasteiger partial charge on any atom is 0.227 e. The average Bonchev–Trinajstić information content (AvgIpc) is 2.80. The Bertz CT molecular complexity index is 727. The van der Waals surface area contributed by atoms with Crippen LogP contribution in [0.15, 0.2) is 30.5 Å². The summed E-state index contributed by atoms with van der Waals surface area (Å²) in [7, 11) is 0. The Kier molecular flexibility index (Phi) is 3.47. The summed E-state index contributed by atoms with van der Waals surface area (Å²) in [5.74, 6) is 0.792. The van der Waals surface area contributed by atoms with E-state index < -0.39 is 0 Å². The topological polar surface area (TPSA) is 73.9 Å². The van der Waals surface area contributed by atoms with Gasteiger partial charge in [-0.3, -0.25) is 4.98 Å². The number of aromatic nitrogens is 3. The van der Waals surface area contributed by atoms with Gasteiger partial charge in [-0.2, -0.15) is 4.98 Å². The van der Waals surface area contributed by atoms with Gasteiger partial charge in [0, 0.05) is 23.2 Å². The number of hydrogen-bond donors (Lipinski definition) is 1. The summed E-state index contributed by atoms with van der Waals surface area (Å²) in [5, 5.41) is 0.919. The number of nitrogens with two attached hydrogens (primary N) is 1. The van der Waals surface area contributed by atoms with Crippen LogP contribution < -0.4 is 10.5 Å². The number of ether oxygens (including phenoxy) is 1. The zero-order valence-corrected chi connectivity index (χ0v) is 11.9. The standard InChI is InChI=1S/C14H14N4OS/c1-9-8-11-12(17-14(15)18-13(11)20-9)19-7-5-10-4-2-3-6-16-10/h2-4,6,8H,5,7H2,1H3,(H2,15,17,18). The molecule has 0 saturated carbocycles. The van der Waals surface area contributed by atoms with Gasteiger partial charge in [-0.15, -0.1) is 11.3 Å². The number of nitrogens with zero attached hydrogens (tertiary/aromatic N) is 3. The zero-order valence-electron chi connectivity index (χ0n) is 11.0. The molecule has 6 heteroatoms. The van der Waals surface area contributed by atoms with Crippen LogP contribution in [-0.2, 0) is 6.42 Å². The largest absolute Gasteiger partial charge is 0.477 e. The smallest absolute Gasteiger partial charge is 0.227 e. The number of pyridine rings is 1. The number of aryl methyl sites for hydroxylation is 1. The van der Waals surface area contributed by atoms with Gasteiger partial charge in [-0.1, -0.05) is 6.07 Å². The van der Waals surface area contributed by atoms with Crippen LogP contribution in [-0.4, -0.2) is 21.6 Å². The maximum absolute atomic E-state index is 5.75. The second-order valence-electron chi connectivity index (χ2n) is 4.38. The second kappa shape index (κ2) is 5.42. The first-order chi connectivity index (χ1) is 9.72. The minimum Gasteiger partial charge on any atom is -0.477 e. The lowest BCUT2D eigenvalue weighted by Crippen LogP contribution is -2.05. The van der Waals surface area contributed by atoms with E-state index in [0.717, 1.165) is 27.2 Å². The van der Waals surface area contributed by atoms with Gasteiger partial charge in [0.15, 0.2) is 0 Å². The Morgan fingerprint density at radius 2 is 2.20 bits per heavy atom. The molecule has 0 amide bonds. The highest BCUT2D eigenvalue weighted by atomic mass is 32.1. The van der Waals surface area contributed by atoms with Crippen LogP contribution >= 0.6 is 11.3 Å².